The molecule has 21 heavy (non-hydrogen) atoms. The summed E-state index contributed by atoms with van der Waals surface area (Å²) in [5, 5.41) is 17.6. The highest BCUT2D eigenvalue weighted by Gasteiger charge is 2.19. The Kier molecular flexibility index (Phi) is 4.03. The summed E-state index contributed by atoms with van der Waals surface area (Å²) in [5.74, 6) is -0.824. The van der Waals surface area contributed by atoms with Gasteiger partial charge in [-0.3, -0.25) is 10.1 Å². The highest BCUT2D eigenvalue weighted by molar-refractivity contribution is 7.07. The standard InChI is InChI=1S/C16H16N2O2S/c19-16(20)15(17-8-11-5-6-21-10-11)7-12-9-18-14-4-2-1-3-13(12)14/h1-6,9-10,15,17-18H,7-8H2,(H,19,20). The molecule has 0 saturated carbocycles. The van der Waals surface area contributed by atoms with E-state index < -0.39 is 12.0 Å². The van der Waals surface area contributed by atoms with Crippen molar-refractivity contribution in [3.8, 4) is 0 Å². The van der Waals surface area contributed by atoms with Crippen molar-refractivity contribution in [1.82, 2.24) is 10.3 Å². The minimum Gasteiger partial charge on any atom is -0.480 e. The molecular weight excluding hydrogens is 284 g/mol. The molecule has 0 saturated heterocycles. The van der Waals surface area contributed by atoms with Gasteiger partial charge in [0.25, 0.3) is 0 Å². The predicted molar refractivity (Wildman–Crippen MR) is 84.6 cm³/mol. The number of nitrogens with one attached hydrogen (secondary N) is 2. The van der Waals surface area contributed by atoms with Crippen molar-refractivity contribution in [3.63, 3.8) is 0 Å². The van der Waals surface area contributed by atoms with Crippen LogP contribution < -0.4 is 5.32 Å². The molecule has 5 heteroatoms. The molecule has 0 fully saturated rings. The number of para-hydroxylation sites is 1. The third kappa shape index (κ3) is 3.15. The number of H-pyrrole nitrogens is 1. The van der Waals surface area contributed by atoms with E-state index in [-0.39, 0.29) is 0 Å². The highest BCUT2D eigenvalue weighted by atomic mass is 32.1. The highest BCUT2D eigenvalue weighted by Crippen LogP contribution is 2.19. The minimum atomic E-state index is -0.824. The monoisotopic (exact) mass is 300 g/mol. The van der Waals surface area contributed by atoms with Crippen LogP contribution in [0.3, 0.4) is 0 Å². The molecule has 108 valence electrons. The first kappa shape index (κ1) is 13.9. The molecule has 0 aliphatic rings. The van der Waals surface area contributed by atoms with Gasteiger partial charge in [0, 0.05) is 30.1 Å². The molecule has 0 aliphatic carbocycles. The third-order valence-electron chi connectivity index (χ3n) is 3.53. The maximum Gasteiger partial charge on any atom is 0.321 e. The van der Waals surface area contributed by atoms with E-state index in [2.05, 4.69) is 10.3 Å². The van der Waals surface area contributed by atoms with E-state index in [9.17, 15) is 9.90 Å². The van der Waals surface area contributed by atoms with E-state index in [1.807, 2.05) is 47.3 Å². The van der Waals surface area contributed by atoms with Crippen LogP contribution in [-0.4, -0.2) is 22.1 Å². The van der Waals surface area contributed by atoms with Crippen molar-refractivity contribution >= 4 is 28.2 Å². The molecule has 4 nitrogen and oxygen atoms in total. The van der Waals surface area contributed by atoms with Crippen molar-refractivity contribution in [2.45, 2.75) is 19.0 Å². The lowest BCUT2D eigenvalue weighted by atomic mass is 10.0. The van der Waals surface area contributed by atoms with Crippen molar-refractivity contribution in [3.05, 3.63) is 58.4 Å². The van der Waals surface area contributed by atoms with Crippen molar-refractivity contribution < 1.29 is 9.90 Å². The van der Waals surface area contributed by atoms with Gasteiger partial charge in [0.1, 0.15) is 6.04 Å². The van der Waals surface area contributed by atoms with E-state index in [4.69, 9.17) is 0 Å². The van der Waals surface area contributed by atoms with Gasteiger partial charge in [-0.2, -0.15) is 11.3 Å². The number of hydrogen-bond donors (Lipinski definition) is 3. The number of aromatic amines is 1. The summed E-state index contributed by atoms with van der Waals surface area (Å²) in [5.41, 5.74) is 3.18. The van der Waals surface area contributed by atoms with Crippen LogP contribution in [0.2, 0.25) is 0 Å². The zero-order valence-electron chi connectivity index (χ0n) is 11.4. The van der Waals surface area contributed by atoms with E-state index in [1.54, 1.807) is 11.3 Å². The van der Waals surface area contributed by atoms with Gasteiger partial charge in [0.05, 0.1) is 0 Å². The van der Waals surface area contributed by atoms with Crippen LogP contribution in [0.5, 0.6) is 0 Å². The number of aliphatic carboxylic acids is 1. The molecule has 0 amide bonds. The molecule has 1 aromatic carbocycles. The first-order valence-corrected chi connectivity index (χ1v) is 7.70. The lowest BCUT2D eigenvalue weighted by Gasteiger charge is -2.13. The van der Waals surface area contributed by atoms with E-state index in [0.717, 1.165) is 22.0 Å². The molecule has 0 bridgehead atoms. The maximum atomic E-state index is 11.5. The molecule has 3 aromatic rings. The molecule has 2 aromatic heterocycles. The van der Waals surface area contributed by atoms with Gasteiger partial charge in [-0.1, -0.05) is 18.2 Å². The zero-order chi connectivity index (χ0) is 14.7. The first-order chi connectivity index (χ1) is 10.2. The quantitative estimate of drug-likeness (QED) is 0.655. The second kappa shape index (κ2) is 6.11. The second-order valence-corrected chi connectivity index (χ2v) is 5.75. The van der Waals surface area contributed by atoms with Crippen LogP contribution in [-0.2, 0) is 17.8 Å². The summed E-state index contributed by atoms with van der Waals surface area (Å²) in [6.07, 6.45) is 2.36. The molecule has 3 N–H and O–H groups in total. The molecule has 1 unspecified atom stereocenters. The van der Waals surface area contributed by atoms with Crippen LogP contribution in [0.15, 0.2) is 47.3 Å². The first-order valence-electron chi connectivity index (χ1n) is 6.76. The van der Waals surface area contributed by atoms with Crippen molar-refractivity contribution in [2.75, 3.05) is 0 Å². The lowest BCUT2D eigenvalue weighted by Crippen LogP contribution is -2.37. The Labute approximate surface area is 126 Å². The summed E-state index contributed by atoms with van der Waals surface area (Å²) < 4.78 is 0. The van der Waals surface area contributed by atoms with Gasteiger partial charge in [-0.25, -0.2) is 0 Å². The predicted octanol–water partition coefficient (Wildman–Crippen LogP) is 3.01. The van der Waals surface area contributed by atoms with Gasteiger partial charge >= 0.3 is 5.97 Å². The van der Waals surface area contributed by atoms with Crippen LogP contribution >= 0.6 is 11.3 Å². The van der Waals surface area contributed by atoms with Gasteiger partial charge in [-0.15, -0.1) is 0 Å². The Balaban J connectivity index is 1.74. The molecule has 0 spiro atoms. The summed E-state index contributed by atoms with van der Waals surface area (Å²) in [7, 11) is 0. The topological polar surface area (TPSA) is 65.1 Å². The number of fused-ring (bicyclic) bond motifs is 1. The van der Waals surface area contributed by atoms with Crippen LogP contribution in [0.25, 0.3) is 10.9 Å². The average molecular weight is 300 g/mol. The Hall–Kier alpha value is -2.11. The van der Waals surface area contributed by atoms with Crippen molar-refractivity contribution in [1.29, 1.82) is 0 Å². The van der Waals surface area contributed by atoms with Gasteiger partial charge in [-0.05, 0) is 34.0 Å². The Bertz CT molecular complexity index is 734. The molecular formula is C16H16N2O2S. The maximum absolute atomic E-state index is 11.5. The third-order valence-corrected chi connectivity index (χ3v) is 4.26. The van der Waals surface area contributed by atoms with Crippen LogP contribution in [0.4, 0.5) is 0 Å². The normalized spacial score (nSPS) is 12.6. The summed E-state index contributed by atoms with van der Waals surface area (Å²) in [6.45, 7) is 0.572. The molecule has 3 rings (SSSR count). The number of aromatic nitrogens is 1. The molecule has 0 radical (unpaired) electrons. The number of carboxylic acids is 1. The number of carboxylic acid groups (broad SMARTS) is 1. The van der Waals surface area contributed by atoms with Gasteiger partial charge in [0.15, 0.2) is 0 Å². The Morgan fingerprint density at radius 2 is 2.19 bits per heavy atom. The number of rotatable bonds is 6. The summed E-state index contributed by atoms with van der Waals surface area (Å²) >= 11 is 1.61. The fraction of sp³-hybridized carbons (Fsp3) is 0.188. The minimum absolute atomic E-state index is 0.462. The zero-order valence-corrected chi connectivity index (χ0v) is 12.2. The van der Waals surface area contributed by atoms with Gasteiger partial charge < -0.3 is 10.1 Å². The van der Waals surface area contributed by atoms with Crippen molar-refractivity contribution in [2.24, 2.45) is 0 Å². The summed E-state index contributed by atoms with van der Waals surface area (Å²) in [6, 6.07) is 9.35. The number of hydrogen-bond acceptors (Lipinski definition) is 3. The SMILES string of the molecule is O=C(O)C(Cc1c[nH]c2ccccc12)NCc1ccsc1. The lowest BCUT2D eigenvalue weighted by molar-refractivity contribution is -0.139. The van der Waals surface area contributed by atoms with E-state index >= 15 is 0 Å². The molecule has 1 atom stereocenters. The largest absolute Gasteiger partial charge is 0.480 e. The second-order valence-electron chi connectivity index (χ2n) is 4.97. The summed E-state index contributed by atoms with van der Waals surface area (Å²) in [4.78, 5) is 14.6. The fourth-order valence-electron chi connectivity index (χ4n) is 2.40. The van der Waals surface area contributed by atoms with E-state index in [1.165, 1.54) is 0 Å². The Morgan fingerprint density at radius 1 is 1.33 bits per heavy atom. The van der Waals surface area contributed by atoms with E-state index in [0.29, 0.717) is 13.0 Å². The van der Waals surface area contributed by atoms with Crippen LogP contribution in [0, 0.1) is 0 Å². The van der Waals surface area contributed by atoms with Crippen LogP contribution in [0.1, 0.15) is 11.1 Å². The fourth-order valence-corrected chi connectivity index (χ4v) is 3.07. The number of benzene rings is 1. The molecule has 2 heterocycles. The average Bonchev–Trinajstić information content (AvgIpc) is 3.13. The molecule has 0 aliphatic heterocycles. The smallest absolute Gasteiger partial charge is 0.321 e. The Morgan fingerprint density at radius 3 is 2.95 bits per heavy atom. The number of thiophene rings is 1. The van der Waals surface area contributed by atoms with Gasteiger partial charge in [0.2, 0.25) is 0 Å². The number of carbonyl (C=O) groups is 1.